The molecule has 0 radical (unpaired) electrons. The van der Waals surface area contributed by atoms with Gasteiger partial charge >= 0.3 is 0 Å². The topological polar surface area (TPSA) is 80.5 Å². The number of nitrogens with one attached hydrogen (secondary N) is 1. The number of amides is 1. The standard InChI is InChI=1S/C18H24N4O3/c1-2-24-15-6-4-14(5-7-15)18-20-16(25-21-18)8-9-17(23)22-12-3-10-19-11-13-22/h4-7,19H,2-3,8-13H2,1H3. The Balaban J connectivity index is 1.55. The van der Waals surface area contributed by atoms with Gasteiger partial charge in [0.2, 0.25) is 17.6 Å². The van der Waals surface area contributed by atoms with Gasteiger partial charge in [-0.3, -0.25) is 4.79 Å². The normalized spacial score (nSPS) is 15.0. The molecule has 3 rings (SSSR count). The van der Waals surface area contributed by atoms with Crippen LogP contribution in [0.5, 0.6) is 5.75 Å². The second kappa shape index (κ2) is 8.62. The Morgan fingerprint density at radius 2 is 2.12 bits per heavy atom. The summed E-state index contributed by atoms with van der Waals surface area (Å²) < 4.78 is 10.7. The van der Waals surface area contributed by atoms with E-state index in [1.807, 2.05) is 36.1 Å². The first-order chi connectivity index (χ1) is 12.3. The van der Waals surface area contributed by atoms with Crippen LogP contribution in [-0.2, 0) is 11.2 Å². The molecule has 0 unspecified atom stereocenters. The summed E-state index contributed by atoms with van der Waals surface area (Å²) in [5.41, 5.74) is 0.864. The fraction of sp³-hybridized carbons (Fsp3) is 0.500. The number of hydrogen-bond acceptors (Lipinski definition) is 6. The number of nitrogens with zero attached hydrogens (tertiary/aromatic N) is 3. The van der Waals surface area contributed by atoms with Crippen molar-refractivity contribution in [2.45, 2.75) is 26.2 Å². The highest BCUT2D eigenvalue weighted by Crippen LogP contribution is 2.20. The molecule has 1 fully saturated rings. The van der Waals surface area contributed by atoms with Gasteiger partial charge in [0, 0.05) is 38.0 Å². The lowest BCUT2D eigenvalue weighted by atomic mass is 10.2. The summed E-state index contributed by atoms with van der Waals surface area (Å²) >= 11 is 0. The van der Waals surface area contributed by atoms with Crippen LogP contribution in [0, 0.1) is 0 Å². The zero-order valence-electron chi connectivity index (χ0n) is 14.5. The molecule has 0 saturated carbocycles. The minimum Gasteiger partial charge on any atom is -0.494 e. The van der Waals surface area contributed by atoms with Crippen molar-refractivity contribution in [1.29, 1.82) is 0 Å². The molecule has 1 N–H and O–H groups in total. The van der Waals surface area contributed by atoms with Gasteiger partial charge in [0.25, 0.3) is 0 Å². The fourth-order valence-electron chi connectivity index (χ4n) is 2.81. The Bertz CT molecular complexity index is 676. The van der Waals surface area contributed by atoms with Crippen LogP contribution < -0.4 is 10.1 Å². The van der Waals surface area contributed by atoms with Crippen molar-refractivity contribution in [1.82, 2.24) is 20.4 Å². The third-order valence-corrected chi connectivity index (χ3v) is 4.14. The summed E-state index contributed by atoms with van der Waals surface area (Å²) in [5, 5.41) is 7.30. The van der Waals surface area contributed by atoms with Crippen LogP contribution in [0.3, 0.4) is 0 Å². The van der Waals surface area contributed by atoms with Crippen LogP contribution in [-0.4, -0.2) is 53.7 Å². The number of benzene rings is 1. The molecule has 2 aromatic rings. The van der Waals surface area contributed by atoms with Crippen molar-refractivity contribution < 1.29 is 14.1 Å². The van der Waals surface area contributed by atoms with Crippen molar-refractivity contribution in [2.75, 3.05) is 32.8 Å². The van der Waals surface area contributed by atoms with E-state index in [1.54, 1.807) is 0 Å². The highest BCUT2D eigenvalue weighted by molar-refractivity contribution is 5.76. The van der Waals surface area contributed by atoms with Crippen LogP contribution in [0.25, 0.3) is 11.4 Å². The summed E-state index contributed by atoms with van der Waals surface area (Å²) in [5.74, 6) is 1.98. The molecular weight excluding hydrogens is 320 g/mol. The third-order valence-electron chi connectivity index (χ3n) is 4.14. The van der Waals surface area contributed by atoms with Gasteiger partial charge < -0.3 is 19.5 Å². The van der Waals surface area contributed by atoms with Gasteiger partial charge in [-0.25, -0.2) is 0 Å². The summed E-state index contributed by atoms with van der Waals surface area (Å²) in [6, 6.07) is 7.56. The predicted molar refractivity (Wildman–Crippen MR) is 93.3 cm³/mol. The van der Waals surface area contributed by atoms with Crippen molar-refractivity contribution in [3.8, 4) is 17.1 Å². The molecule has 2 heterocycles. The maximum absolute atomic E-state index is 12.3. The number of hydrogen-bond donors (Lipinski definition) is 1. The average Bonchev–Trinajstić information content (AvgIpc) is 2.94. The molecule has 1 aliphatic rings. The minimum absolute atomic E-state index is 0.143. The number of aryl methyl sites for hydroxylation is 1. The molecule has 0 bridgehead atoms. The van der Waals surface area contributed by atoms with E-state index in [0.717, 1.165) is 43.9 Å². The zero-order chi connectivity index (χ0) is 17.5. The van der Waals surface area contributed by atoms with Gasteiger partial charge in [0.1, 0.15) is 5.75 Å². The maximum Gasteiger partial charge on any atom is 0.227 e. The van der Waals surface area contributed by atoms with E-state index in [-0.39, 0.29) is 5.91 Å². The molecule has 0 atom stereocenters. The quantitative estimate of drug-likeness (QED) is 0.862. The van der Waals surface area contributed by atoms with E-state index >= 15 is 0 Å². The number of ether oxygens (including phenoxy) is 1. The number of aromatic nitrogens is 2. The van der Waals surface area contributed by atoms with E-state index in [2.05, 4.69) is 15.5 Å². The molecule has 0 aliphatic carbocycles. The molecule has 1 saturated heterocycles. The van der Waals surface area contributed by atoms with Gasteiger partial charge in [-0.15, -0.1) is 0 Å². The SMILES string of the molecule is CCOc1ccc(-c2noc(CCC(=O)N3CCCNCC3)n2)cc1. The van der Waals surface area contributed by atoms with E-state index in [4.69, 9.17) is 9.26 Å². The van der Waals surface area contributed by atoms with E-state index < -0.39 is 0 Å². The first kappa shape index (κ1) is 17.4. The van der Waals surface area contributed by atoms with Crippen molar-refractivity contribution in [3.63, 3.8) is 0 Å². The largest absolute Gasteiger partial charge is 0.494 e. The molecule has 1 amide bonds. The van der Waals surface area contributed by atoms with Gasteiger partial charge in [-0.2, -0.15) is 4.98 Å². The summed E-state index contributed by atoms with van der Waals surface area (Å²) in [4.78, 5) is 18.6. The van der Waals surface area contributed by atoms with Gasteiger partial charge in [-0.1, -0.05) is 5.16 Å². The highest BCUT2D eigenvalue weighted by Gasteiger charge is 2.17. The number of carbonyl (C=O) groups excluding carboxylic acids is 1. The van der Waals surface area contributed by atoms with Crippen molar-refractivity contribution in [2.24, 2.45) is 0 Å². The lowest BCUT2D eigenvalue weighted by Gasteiger charge is -2.19. The van der Waals surface area contributed by atoms with Crippen molar-refractivity contribution in [3.05, 3.63) is 30.2 Å². The zero-order valence-corrected chi connectivity index (χ0v) is 14.5. The highest BCUT2D eigenvalue weighted by atomic mass is 16.5. The van der Waals surface area contributed by atoms with Gasteiger partial charge in [0.05, 0.1) is 6.61 Å². The Labute approximate surface area is 147 Å². The van der Waals surface area contributed by atoms with Crippen LogP contribution in [0.1, 0.15) is 25.7 Å². The Kier molecular flexibility index (Phi) is 6.00. The molecule has 1 aliphatic heterocycles. The van der Waals surface area contributed by atoms with Gasteiger partial charge in [-0.05, 0) is 44.2 Å². The Morgan fingerprint density at radius 3 is 2.92 bits per heavy atom. The molecule has 7 nitrogen and oxygen atoms in total. The van der Waals surface area contributed by atoms with Gasteiger partial charge in [0.15, 0.2) is 0 Å². The number of carbonyl (C=O) groups is 1. The number of rotatable bonds is 6. The lowest BCUT2D eigenvalue weighted by Crippen LogP contribution is -2.34. The fourth-order valence-corrected chi connectivity index (χ4v) is 2.81. The average molecular weight is 344 g/mol. The molecule has 0 spiro atoms. The second-order valence-corrected chi connectivity index (χ2v) is 5.95. The predicted octanol–water partition coefficient (Wildman–Crippen LogP) is 1.89. The van der Waals surface area contributed by atoms with Crippen LogP contribution in [0.2, 0.25) is 0 Å². The van der Waals surface area contributed by atoms with Crippen LogP contribution in [0.15, 0.2) is 28.8 Å². The second-order valence-electron chi connectivity index (χ2n) is 5.95. The Hall–Kier alpha value is -2.41. The minimum atomic E-state index is 0.143. The third kappa shape index (κ3) is 4.79. The van der Waals surface area contributed by atoms with Crippen LogP contribution in [0.4, 0.5) is 0 Å². The monoisotopic (exact) mass is 344 g/mol. The molecule has 1 aromatic heterocycles. The lowest BCUT2D eigenvalue weighted by molar-refractivity contribution is -0.131. The smallest absolute Gasteiger partial charge is 0.227 e. The summed E-state index contributed by atoms with van der Waals surface area (Å²) in [6.07, 6.45) is 1.85. The molecule has 25 heavy (non-hydrogen) atoms. The van der Waals surface area contributed by atoms with Crippen LogP contribution >= 0.6 is 0 Å². The first-order valence-corrected chi connectivity index (χ1v) is 8.80. The molecule has 1 aromatic carbocycles. The molecular formula is C18H24N4O3. The van der Waals surface area contributed by atoms with E-state index in [1.165, 1.54) is 0 Å². The Morgan fingerprint density at radius 1 is 1.28 bits per heavy atom. The van der Waals surface area contributed by atoms with E-state index in [9.17, 15) is 4.79 Å². The molecule has 7 heteroatoms. The van der Waals surface area contributed by atoms with E-state index in [0.29, 0.717) is 31.2 Å². The first-order valence-electron chi connectivity index (χ1n) is 8.80. The summed E-state index contributed by atoms with van der Waals surface area (Å²) in [7, 11) is 0. The van der Waals surface area contributed by atoms with Crippen molar-refractivity contribution >= 4 is 5.91 Å². The summed E-state index contributed by atoms with van der Waals surface area (Å²) in [6.45, 7) is 5.98. The maximum atomic E-state index is 12.3. The molecule has 134 valence electrons.